The van der Waals surface area contributed by atoms with Gasteiger partial charge in [-0.15, -0.1) is 11.3 Å². The molecule has 0 saturated carbocycles. The number of hydrogen-bond acceptors (Lipinski definition) is 5. The summed E-state index contributed by atoms with van der Waals surface area (Å²) in [7, 11) is 0. The lowest BCUT2D eigenvalue weighted by atomic mass is 10.2. The first-order chi connectivity index (χ1) is 14.2. The van der Waals surface area contributed by atoms with Gasteiger partial charge in [0.05, 0.1) is 11.3 Å². The van der Waals surface area contributed by atoms with Crippen LogP contribution in [0.5, 0.6) is 0 Å². The first kappa shape index (κ1) is 19.3. The molecule has 1 aliphatic rings. The van der Waals surface area contributed by atoms with Gasteiger partial charge in [0.1, 0.15) is 11.0 Å². The van der Waals surface area contributed by atoms with Gasteiger partial charge in [-0.3, -0.25) is 14.6 Å². The Hall–Kier alpha value is -3.06. The van der Waals surface area contributed by atoms with E-state index in [2.05, 4.69) is 15.3 Å². The van der Waals surface area contributed by atoms with Crippen molar-refractivity contribution >= 4 is 23.2 Å². The molecule has 1 fully saturated rings. The van der Waals surface area contributed by atoms with Crippen molar-refractivity contribution in [1.82, 2.24) is 20.2 Å². The second kappa shape index (κ2) is 8.96. The number of likely N-dealkylation sites (tertiary alicyclic amines) is 1. The van der Waals surface area contributed by atoms with Crippen molar-refractivity contribution in [2.45, 2.75) is 25.3 Å². The van der Waals surface area contributed by atoms with E-state index in [1.165, 1.54) is 0 Å². The van der Waals surface area contributed by atoms with Crippen molar-refractivity contribution in [3.05, 3.63) is 71.5 Å². The molecule has 4 rings (SSSR count). The Bertz CT molecular complexity index is 975. The number of benzene rings is 1. The van der Waals surface area contributed by atoms with Crippen LogP contribution in [-0.2, 0) is 11.2 Å². The fraction of sp³-hybridized carbons (Fsp3) is 0.273. The van der Waals surface area contributed by atoms with E-state index in [1.807, 2.05) is 35.7 Å². The van der Waals surface area contributed by atoms with Crippen LogP contribution in [0.3, 0.4) is 0 Å². The zero-order valence-electron chi connectivity index (χ0n) is 16.0. The summed E-state index contributed by atoms with van der Waals surface area (Å²) in [6.07, 6.45) is 5.36. The number of pyridine rings is 1. The smallest absolute Gasteiger partial charge is 0.256 e. The van der Waals surface area contributed by atoms with E-state index in [1.54, 1.807) is 40.8 Å². The van der Waals surface area contributed by atoms with Gasteiger partial charge in [-0.1, -0.05) is 30.3 Å². The number of nitrogens with zero attached hydrogens (tertiary/aromatic N) is 3. The van der Waals surface area contributed by atoms with Crippen molar-refractivity contribution in [1.29, 1.82) is 0 Å². The molecule has 1 saturated heterocycles. The molecule has 0 spiro atoms. The average Bonchev–Trinajstić information content (AvgIpc) is 3.44. The fourth-order valence-corrected chi connectivity index (χ4v) is 4.36. The Labute approximate surface area is 173 Å². The lowest BCUT2D eigenvalue weighted by molar-refractivity contribution is -0.124. The third-order valence-electron chi connectivity index (χ3n) is 4.98. The van der Waals surface area contributed by atoms with Crippen LogP contribution in [0.25, 0.3) is 10.6 Å². The summed E-state index contributed by atoms with van der Waals surface area (Å²) in [4.78, 5) is 35.7. The molecule has 3 heterocycles. The lowest BCUT2D eigenvalue weighted by Crippen LogP contribution is -2.46. The molecular formula is C22H22N4O2S. The SMILES string of the molecule is O=C(NCCc1csc(-c2ccccc2)n1)[C@H]1CCCN1C(=O)c1cccnc1. The maximum absolute atomic E-state index is 12.7. The topological polar surface area (TPSA) is 75.2 Å². The normalized spacial score (nSPS) is 16.0. The molecule has 1 aliphatic heterocycles. The second-order valence-electron chi connectivity index (χ2n) is 6.95. The molecule has 0 bridgehead atoms. The number of hydrogen-bond donors (Lipinski definition) is 1. The highest BCUT2D eigenvalue weighted by atomic mass is 32.1. The van der Waals surface area contributed by atoms with Crippen LogP contribution in [0.1, 0.15) is 28.9 Å². The van der Waals surface area contributed by atoms with Crippen LogP contribution in [0.15, 0.2) is 60.2 Å². The van der Waals surface area contributed by atoms with Crippen LogP contribution in [0.4, 0.5) is 0 Å². The van der Waals surface area contributed by atoms with Crippen molar-refractivity contribution in [2.75, 3.05) is 13.1 Å². The Kier molecular flexibility index (Phi) is 5.95. The molecule has 0 aliphatic carbocycles. The molecular weight excluding hydrogens is 384 g/mol. The van der Waals surface area contributed by atoms with Crippen LogP contribution in [0.2, 0.25) is 0 Å². The lowest BCUT2D eigenvalue weighted by Gasteiger charge is -2.23. The molecule has 2 amide bonds. The summed E-state index contributed by atoms with van der Waals surface area (Å²) in [5.41, 5.74) is 2.58. The van der Waals surface area contributed by atoms with Gasteiger partial charge in [-0.2, -0.15) is 0 Å². The largest absolute Gasteiger partial charge is 0.354 e. The van der Waals surface area contributed by atoms with Crippen molar-refractivity contribution in [3.63, 3.8) is 0 Å². The maximum atomic E-state index is 12.7. The molecule has 148 valence electrons. The number of carbonyl (C=O) groups excluding carboxylic acids is 2. The average molecular weight is 407 g/mol. The number of carbonyl (C=O) groups is 2. The highest BCUT2D eigenvalue weighted by Gasteiger charge is 2.34. The molecule has 0 unspecified atom stereocenters. The monoisotopic (exact) mass is 406 g/mol. The molecule has 1 atom stereocenters. The van der Waals surface area contributed by atoms with Gasteiger partial charge >= 0.3 is 0 Å². The van der Waals surface area contributed by atoms with Gasteiger partial charge in [0.25, 0.3) is 5.91 Å². The number of nitrogens with one attached hydrogen (secondary N) is 1. The van der Waals surface area contributed by atoms with Crippen molar-refractivity contribution < 1.29 is 9.59 Å². The summed E-state index contributed by atoms with van der Waals surface area (Å²) >= 11 is 1.61. The minimum absolute atomic E-state index is 0.0988. The van der Waals surface area contributed by atoms with E-state index >= 15 is 0 Å². The summed E-state index contributed by atoms with van der Waals surface area (Å²) in [6, 6.07) is 13.1. The van der Waals surface area contributed by atoms with Gasteiger partial charge < -0.3 is 10.2 Å². The van der Waals surface area contributed by atoms with Crippen molar-refractivity contribution in [2.24, 2.45) is 0 Å². The molecule has 2 aromatic heterocycles. The van der Waals surface area contributed by atoms with Crippen LogP contribution in [-0.4, -0.2) is 45.8 Å². The number of aromatic nitrogens is 2. The third-order valence-corrected chi connectivity index (χ3v) is 5.92. The van der Waals surface area contributed by atoms with E-state index in [4.69, 9.17) is 0 Å². The zero-order valence-corrected chi connectivity index (χ0v) is 16.8. The molecule has 29 heavy (non-hydrogen) atoms. The Balaban J connectivity index is 1.31. The molecule has 1 aromatic carbocycles. The molecule has 0 radical (unpaired) electrons. The van der Waals surface area contributed by atoms with Crippen molar-refractivity contribution in [3.8, 4) is 10.6 Å². The van der Waals surface area contributed by atoms with Crippen LogP contribution >= 0.6 is 11.3 Å². The molecule has 1 N–H and O–H groups in total. The van der Waals surface area contributed by atoms with Gasteiger partial charge in [-0.05, 0) is 25.0 Å². The van der Waals surface area contributed by atoms with E-state index in [-0.39, 0.29) is 11.8 Å². The number of thiazole rings is 1. The Morgan fingerprint density at radius 1 is 1.17 bits per heavy atom. The Morgan fingerprint density at radius 2 is 2.03 bits per heavy atom. The minimum Gasteiger partial charge on any atom is -0.354 e. The zero-order chi connectivity index (χ0) is 20.1. The van der Waals surface area contributed by atoms with Gasteiger partial charge in [0.2, 0.25) is 5.91 Å². The number of rotatable bonds is 6. The number of amides is 2. The Morgan fingerprint density at radius 3 is 2.83 bits per heavy atom. The quantitative estimate of drug-likeness (QED) is 0.682. The van der Waals surface area contributed by atoms with E-state index in [0.29, 0.717) is 31.5 Å². The second-order valence-corrected chi connectivity index (χ2v) is 7.81. The first-order valence-electron chi connectivity index (χ1n) is 9.71. The van der Waals surface area contributed by atoms with E-state index in [0.717, 1.165) is 22.7 Å². The minimum atomic E-state index is -0.419. The predicted molar refractivity (Wildman–Crippen MR) is 113 cm³/mol. The summed E-state index contributed by atoms with van der Waals surface area (Å²) < 4.78 is 0. The van der Waals surface area contributed by atoms with Crippen LogP contribution < -0.4 is 5.32 Å². The molecule has 7 heteroatoms. The van der Waals surface area contributed by atoms with Gasteiger partial charge in [-0.25, -0.2) is 4.98 Å². The highest BCUT2D eigenvalue weighted by molar-refractivity contribution is 7.13. The van der Waals surface area contributed by atoms with Gasteiger partial charge in [0, 0.05) is 42.8 Å². The van der Waals surface area contributed by atoms with E-state index < -0.39 is 6.04 Å². The summed E-state index contributed by atoms with van der Waals surface area (Å²) in [5.74, 6) is -0.235. The standard InChI is InChI=1S/C22H22N4O2S/c27-20(19-9-5-13-26(19)22(28)17-8-4-11-23-14-17)24-12-10-18-15-29-21(25-18)16-6-2-1-3-7-16/h1-4,6-8,11,14-15,19H,5,9-10,12-13H2,(H,24,27)/t19-/m1/s1. The van der Waals surface area contributed by atoms with Gasteiger partial charge in [0.15, 0.2) is 0 Å². The third kappa shape index (κ3) is 4.51. The van der Waals surface area contributed by atoms with E-state index in [9.17, 15) is 9.59 Å². The summed E-state index contributed by atoms with van der Waals surface area (Å²) in [5, 5.41) is 5.99. The fourth-order valence-electron chi connectivity index (χ4n) is 3.50. The molecule has 6 nitrogen and oxygen atoms in total. The highest BCUT2D eigenvalue weighted by Crippen LogP contribution is 2.23. The maximum Gasteiger partial charge on any atom is 0.256 e. The molecule has 3 aromatic rings. The summed E-state index contributed by atoms with van der Waals surface area (Å²) in [6.45, 7) is 1.10. The van der Waals surface area contributed by atoms with Crippen LogP contribution in [0, 0.1) is 0 Å². The first-order valence-corrected chi connectivity index (χ1v) is 10.6. The predicted octanol–water partition coefficient (Wildman–Crippen LogP) is 3.17.